The number of imidazole rings is 1. The highest BCUT2D eigenvalue weighted by Crippen LogP contribution is 2.32. The number of nitrogens with one attached hydrogen (secondary N) is 1. The normalized spacial score (nSPS) is 12.1. The van der Waals surface area contributed by atoms with E-state index < -0.39 is 23.7 Å². The lowest BCUT2D eigenvalue weighted by atomic mass is 10.1. The molecule has 0 radical (unpaired) electrons. The van der Waals surface area contributed by atoms with Gasteiger partial charge in [-0.1, -0.05) is 23.5 Å². The zero-order chi connectivity index (χ0) is 44.1. The summed E-state index contributed by atoms with van der Waals surface area (Å²) in [6, 6.07) is 7.99. The van der Waals surface area contributed by atoms with Crippen molar-refractivity contribution < 1.29 is 38.6 Å². The highest BCUT2D eigenvalue weighted by atomic mass is 32.1. The van der Waals surface area contributed by atoms with Crippen molar-refractivity contribution in [2.24, 2.45) is 27.2 Å². The van der Waals surface area contributed by atoms with E-state index in [4.69, 9.17) is 31.8 Å². The molecule has 0 aliphatic heterocycles. The first-order valence-electron chi connectivity index (χ1n) is 18.8. The highest BCUT2D eigenvalue weighted by Gasteiger charge is 2.19. The Morgan fingerprint density at radius 3 is 2.20 bits per heavy atom. The van der Waals surface area contributed by atoms with Gasteiger partial charge < -0.3 is 46.2 Å². The zero-order valence-corrected chi connectivity index (χ0v) is 35.0. The van der Waals surface area contributed by atoms with Crippen molar-refractivity contribution in [2.75, 3.05) is 32.6 Å². The number of nitrogens with zero attached hydrogens (tertiary/aromatic N) is 7. The lowest BCUT2D eigenvalue weighted by molar-refractivity contribution is -0.137. The number of fused-ring (bicyclic) bond motifs is 2. The number of ether oxygens (including phenoxy) is 2. The zero-order valence-electron chi connectivity index (χ0n) is 34.2. The van der Waals surface area contributed by atoms with E-state index in [0.717, 1.165) is 18.5 Å². The third-order valence-corrected chi connectivity index (χ3v) is 9.58. The summed E-state index contributed by atoms with van der Waals surface area (Å²) in [6.45, 7) is 8.99. The number of amides is 3. The Balaban J connectivity index is 0.000000693. The first kappa shape index (κ1) is 45.6. The average molecular weight is 844 g/mol. The number of aliphatic imine (C=N–C) groups is 1. The van der Waals surface area contributed by atoms with E-state index in [2.05, 4.69) is 25.4 Å². The maximum absolute atomic E-state index is 13.3. The minimum absolute atomic E-state index is 0.0814. The van der Waals surface area contributed by atoms with Gasteiger partial charge in [-0.05, 0) is 70.5 Å². The fraction of sp³-hybridized carbons (Fsp3) is 0.325. The van der Waals surface area contributed by atoms with E-state index >= 15 is 0 Å². The smallest absolute Gasteiger partial charge is 0.303 e. The van der Waals surface area contributed by atoms with Crippen molar-refractivity contribution in [1.29, 1.82) is 0 Å². The number of carboxylic acid groups (broad SMARTS) is 1. The number of benzene rings is 2. The topological polar surface area (TPSA) is 279 Å². The number of aromatic nitrogens is 5. The Morgan fingerprint density at radius 2 is 1.63 bits per heavy atom. The van der Waals surface area contributed by atoms with Crippen LogP contribution in [0.3, 0.4) is 0 Å². The van der Waals surface area contributed by atoms with Crippen molar-refractivity contribution >= 4 is 74.2 Å². The minimum Gasteiger partial charge on any atom is -0.494 e. The van der Waals surface area contributed by atoms with Gasteiger partial charge in [0, 0.05) is 56.5 Å². The summed E-state index contributed by atoms with van der Waals surface area (Å²) in [5, 5.41) is 16.2. The van der Waals surface area contributed by atoms with E-state index in [9.17, 15) is 24.0 Å². The molecule has 0 aliphatic rings. The van der Waals surface area contributed by atoms with Crippen LogP contribution in [0.5, 0.6) is 11.5 Å². The van der Waals surface area contributed by atoms with E-state index in [0.29, 0.717) is 68.0 Å². The summed E-state index contributed by atoms with van der Waals surface area (Å²) in [4.78, 5) is 72.3. The van der Waals surface area contributed by atoms with E-state index in [-0.39, 0.29) is 42.8 Å². The second-order valence-corrected chi connectivity index (χ2v) is 14.0. The number of thiazole rings is 1. The molecule has 20 heteroatoms. The van der Waals surface area contributed by atoms with E-state index in [1.807, 2.05) is 30.6 Å². The molecular formula is C40H49N11O8S. The number of aliphatic carboxylic acids is 1. The molecule has 0 saturated heterocycles. The predicted octanol–water partition coefficient (Wildman–Crippen LogP) is 3.58. The maximum Gasteiger partial charge on any atom is 0.303 e. The van der Waals surface area contributed by atoms with Gasteiger partial charge in [0.05, 0.1) is 29.6 Å². The molecular weight excluding hydrogens is 795 g/mol. The molecule has 19 nitrogen and oxygen atoms in total. The summed E-state index contributed by atoms with van der Waals surface area (Å²) in [6.07, 6.45) is 6.19. The molecule has 3 aromatic heterocycles. The summed E-state index contributed by atoms with van der Waals surface area (Å²) in [5.41, 5.74) is 21.0. The second-order valence-electron chi connectivity index (χ2n) is 13.0. The Bertz CT molecular complexity index is 2570. The van der Waals surface area contributed by atoms with Crippen LogP contribution in [0.15, 0.2) is 64.2 Å². The molecule has 60 heavy (non-hydrogen) atoms. The Hall–Kier alpha value is -7.09. The lowest BCUT2D eigenvalue weighted by Crippen LogP contribution is -2.20. The number of hydrogen-bond donors (Lipinski definition) is 5. The van der Waals surface area contributed by atoms with Crippen molar-refractivity contribution in [3.8, 4) is 11.5 Å². The molecule has 8 N–H and O–H groups in total. The second kappa shape index (κ2) is 21.1. The SMILES string of the molecule is CCN=C(/C=C(/C)N)C(=O)N=c1sc2cc(C(N)=O)cc(OC)c2n1C/C=C/Cn1c(NC)nc2cc(C(N)=O)cc(OCCCC(=O)O)c21.CCn1nc(C)cc1C=O. The number of carbonyl (C=O) groups excluding carboxylic acids is 4. The first-order valence-corrected chi connectivity index (χ1v) is 19.6. The van der Waals surface area contributed by atoms with Crippen molar-refractivity contribution in [3.63, 3.8) is 0 Å². The van der Waals surface area contributed by atoms with Gasteiger partial charge in [0.25, 0.3) is 5.91 Å². The predicted molar refractivity (Wildman–Crippen MR) is 229 cm³/mol. The fourth-order valence-electron chi connectivity index (χ4n) is 5.96. The number of aldehydes is 1. The van der Waals surface area contributed by atoms with Gasteiger partial charge in [0.15, 0.2) is 11.1 Å². The molecule has 0 aliphatic carbocycles. The number of carbonyl (C=O) groups is 5. The molecule has 0 spiro atoms. The Labute approximate surface area is 348 Å². The van der Waals surface area contributed by atoms with Gasteiger partial charge in [-0.15, -0.1) is 0 Å². The van der Waals surface area contributed by atoms with Gasteiger partial charge in [-0.3, -0.25) is 33.6 Å². The third kappa shape index (κ3) is 11.3. The van der Waals surface area contributed by atoms with Gasteiger partial charge in [-0.25, -0.2) is 4.98 Å². The molecule has 3 heterocycles. The van der Waals surface area contributed by atoms with Crippen molar-refractivity contribution in [1.82, 2.24) is 23.9 Å². The highest BCUT2D eigenvalue weighted by molar-refractivity contribution is 7.16. The largest absolute Gasteiger partial charge is 0.494 e. The number of hydrogen-bond acceptors (Lipinski definition) is 13. The van der Waals surface area contributed by atoms with Gasteiger partial charge >= 0.3 is 5.97 Å². The maximum atomic E-state index is 13.3. The standard InChI is InChI=1S/C33H39N9O7S.C7H10N2O/c1-5-38-22(13-18(2)34)31(47)40-33-42(28-23(48-4)15-20(30(36)46)17-25(28)50-33)11-7-6-10-41-27-21(39-32(41)37-3)14-19(29(35)45)16-24(27)49-12-8-9-26(43)44;1-3-9-7(5-10)4-6(2)8-9/h6-7,13-17H,5,8-12,34H2,1-4H3,(H2,35,45)(H2,36,46)(H,37,39)(H,43,44);4-5H,3H2,1-2H3/b7-6+,18-13-,38-22?,40-33?;. The number of rotatable bonds is 18. The Kier molecular flexibility index (Phi) is 16.0. The van der Waals surface area contributed by atoms with Crippen LogP contribution in [-0.4, -0.2) is 92.0 Å². The monoisotopic (exact) mass is 843 g/mol. The quantitative estimate of drug-likeness (QED) is 0.0366. The van der Waals surface area contributed by atoms with Crippen LogP contribution in [0, 0.1) is 6.92 Å². The first-order chi connectivity index (χ1) is 28.6. The molecule has 5 rings (SSSR count). The van der Waals surface area contributed by atoms with Crippen LogP contribution < -0.4 is 36.8 Å². The molecule has 0 fully saturated rings. The van der Waals surface area contributed by atoms with E-state index in [1.54, 1.807) is 48.3 Å². The van der Waals surface area contributed by atoms with Crippen LogP contribution >= 0.6 is 11.3 Å². The number of anilines is 1. The number of methoxy groups -OCH3 is 1. The fourth-order valence-corrected chi connectivity index (χ4v) is 7.06. The molecule has 0 saturated carbocycles. The number of aryl methyl sites for hydroxylation is 2. The van der Waals surface area contributed by atoms with Crippen LogP contribution in [0.4, 0.5) is 5.95 Å². The van der Waals surface area contributed by atoms with Crippen molar-refractivity contribution in [2.45, 2.75) is 60.2 Å². The van der Waals surface area contributed by atoms with Gasteiger partial charge in [-0.2, -0.15) is 10.1 Å². The summed E-state index contributed by atoms with van der Waals surface area (Å²) >= 11 is 1.18. The third-order valence-electron chi connectivity index (χ3n) is 8.56. The lowest BCUT2D eigenvalue weighted by Gasteiger charge is -2.12. The summed E-state index contributed by atoms with van der Waals surface area (Å²) in [5.74, 6) is -1.68. The number of carboxylic acids is 1. The minimum atomic E-state index is -0.947. The molecule has 0 unspecified atom stereocenters. The number of primary amides is 2. The van der Waals surface area contributed by atoms with Crippen molar-refractivity contribution in [3.05, 3.63) is 81.6 Å². The molecule has 3 amide bonds. The van der Waals surface area contributed by atoms with Crippen LogP contribution in [0.2, 0.25) is 0 Å². The van der Waals surface area contributed by atoms with Crippen LogP contribution in [0.25, 0.3) is 21.3 Å². The summed E-state index contributed by atoms with van der Waals surface area (Å²) < 4.78 is 17.5. The molecule has 2 aromatic carbocycles. The number of nitrogens with two attached hydrogens (primary N) is 3. The van der Waals surface area contributed by atoms with Gasteiger partial charge in [0.1, 0.15) is 33.9 Å². The average Bonchev–Trinajstić information content (AvgIpc) is 3.88. The van der Waals surface area contributed by atoms with Crippen LogP contribution in [0.1, 0.15) is 70.5 Å². The molecule has 0 bridgehead atoms. The van der Waals surface area contributed by atoms with Gasteiger partial charge in [0.2, 0.25) is 17.8 Å². The molecule has 5 aromatic rings. The Morgan fingerprint density at radius 1 is 0.967 bits per heavy atom. The number of allylic oxidation sites excluding steroid dienone is 3. The molecule has 318 valence electrons. The van der Waals surface area contributed by atoms with E-state index in [1.165, 1.54) is 36.7 Å². The van der Waals surface area contributed by atoms with Crippen LogP contribution in [-0.2, 0) is 29.2 Å². The molecule has 0 atom stereocenters. The summed E-state index contributed by atoms with van der Waals surface area (Å²) in [7, 11) is 3.17.